The minimum Gasteiger partial charge on any atom is -0.370 e. The van der Waals surface area contributed by atoms with Crippen molar-refractivity contribution in [1.29, 1.82) is 0 Å². The average Bonchev–Trinajstić information content (AvgIpc) is 2.31. The van der Waals surface area contributed by atoms with E-state index in [9.17, 15) is 0 Å². The third-order valence-corrected chi connectivity index (χ3v) is 2.35. The van der Waals surface area contributed by atoms with Crippen molar-refractivity contribution >= 4 is 28.9 Å². The van der Waals surface area contributed by atoms with E-state index in [2.05, 4.69) is 39.6 Å². The predicted molar refractivity (Wildman–Crippen MR) is 71.6 cm³/mol. The molecule has 3 nitrogen and oxygen atoms in total. The molecule has 1 aromatic rings. The molecule has 1 aromatic heterocycles. The molecule has 4 heteroatoms. The number of nitrogens with one attached hydrogen (secondary N) is 1. The third kappa shape index (κ3) is 5.01. The Balaban J connectivity index is 2.29. The van der Waals surface area contributed by atoms with E-state index in [0.717, 1.165) is 18.1 Å². The van der Waals surface area contributed by atoms with E-state index in [1.54, 1.807) is 6.20 Å². The van der Waals surface area contributed by atoms with Crippen LogP contribution in [0.2, 0.25) is 0 Å². The predicted octanol–water partition coefficient (Wildman–Crippen LogP) is 3.81. The van der Waals surface area contributed by atoms with Crippen LogP contribution in [0.4, 0.5) is 11.5 Å². The van der Waals surface area contributed by atoms with Gasteiger partial charge in [0, 0.05) is 6.54 Å². The molecule has 0 saturated carbocycles. The van der Waals surface area contributed by atoms with Gasteiger partial charge in [0.15, 0.2) is 0 Å². The van der Waals surface area contributed by atoms with E-state index in [1.165, 1.54) is 25.7 Å². The number of aromatic nitrogens is 1. The lowest BCUT2D eigenvalue weighted by molar-refractivity contribution is 0.684. The molecular formula is C12H17N3S. The molecule has 0 fully saturated rings. The van der Waals surface area contributed by atoms with E-state index >= 15 is 0 Å². The first-order valence-corrected chi connectivity index (χ1v) is 6.05. The summed E-state index contributed by atoms with van der Waals surface area (Å²) in [4.78, 5) is 8.07. The van der Waals surface area contributed by atoms with Crippen molar-refractivity contribution in [1.82, 2.24) is 4.98 Å². The Hall–Kier alpha value is -1.25. The lowest BCUT2D eigenvalue weighted by Crippen LogP contribution is -2.02. The number of unbranched alkanes of at least 4 members (excludes halogenated alkanes) is 3. The summed E-state index contributed by atoms with van der Waals surface area (Å²) in [5, 5.41) is 5.59. The zero-order chi connectivity index (χ0) is 11.6. The summed E-state index contributed by atoms with van der Waals surface area (Å²) in [7, 11) is 0. The average molecular weight is 235 g/mol. The highest BCUT2D eigenvalue weighted by molar-refractivity contribution is 7.78. The Morgan fingerprint density at radius 1 is 1.38 bits per heavy atom. The molecular weight excluding hydrogens is 218 g/mol. The topological polar surface area (TPSA) is 37.3 Å². The fourth-order valence-corrected chi connectivity index (χ4v) is 1.48. The minimum absolute atomic E-state index is 0.742. The summed E-state index contributed by atoms with van der Waals surface area (Å²) in [5.74, 6) is 0.889. The Bertz CT molecular complexity index is 342. The highest BCUT2D eigenvalue weighted by atomic mass is 32.1. The van der Waals surface area contributed by atoms with Crippen LogP contribution in [0, 0.1) is 0 Å². The van der Waals surface area contributed by atoms with Crippen molar-refractivity contribution in [3.63, 3.8) is 0 Å². The van der Waals surface area contributed by atoms with Crippen LogP contribution in [-0.2, 0) is 0 Å². The molecule has 0 unspecified atom stereocenters. The fourth-order valence-electron chi connectivity index (χ4n) is 1.38. The van der Waals surface area contributed by atoms with Crippen molar-refractivity contribution < 1.29 is 0 Å². The highest BCUT2D eigenvalue weighted by Crippen LogP contribution is 2.12. The van der Waals surface area contributed by atoms with Crippen LogP contribution in [0.25, 0.3) is 0 Å². The number of rotatable bonds is 7. The van der Waals surface area contributed by atoms with Gasteiger partial charge < -0.3 is 5.32 Å². The van der Waals surface area contributed by atoms with Crippen molar-refractivity contribution in [2.75, 3.05) is 11.9 Å². The van der Waals surface area contributed by atoms with E-state index in [-0.39, 0.29) is 0 Å². The summed E-state index contributed by atoms with van der Waals surface area (Å²) in [6.07, 6.45) is 6.72. The van der Waals surface area contributed by atoms with Gasteiger partial charge in [-0.25, -0.2) is 4.98 Å². The van der Waals surface area contributed by atoms with Crippen molar-refractivity contribution in [2.45, 2.75) is 32.6 Å². The van der Waals surface area contributed by atoms with Gasteiger partial charge >= 0.3 is 0 Å². The van der Waals surface area contributed by atoms with Crippen LogP contribution in [0.3, 0.4) is 0 Å². The SMILES string of the molecule is CCCCCCNc1ccc(N=C=S)cn1. The molecule has 0 atom stereocenters. The highest BCUT2D eigenvalue weighted by Gasteiger charge is 1.93. The number of thiocarbonyl (C=S) groups is 1. The molecule has 86 valence electrons. The molecule has 0 aromatic carbocycles. The molecule has 16 heavy (non-hydrogen) atoms. The van der Waals surface area contributed by atoms with Crippen molar-refractivity contribution in [3.05, 3.63) is 18.3 Å². The molecule has 0 radical (unpaired) electrons. The van der Waals surface area contributed by atoms with E-state index in [4.69, 9.17) is 0 Å². The zero-order valence-electron chi connectivity index (χ0n) is 9.57. The first-order chi connectivity index (χ1) is 7.86. The van der Waals surface area contributed by atoms with Gasteiger partial charge in [-0.05, 0) is 30.8 Å². The maximum Gasteiger partial charge on any atom is 0.126 e. The number of hydrogen-bond donors (Lipinski definition) is 1. The van der Waals surface area contributed by atoms with E-state index in [1.807, 2.05) is 12.1 Å². The Morgan fingerprint density at radius 3 is 2.88 bits per heavy atom. The lowest BCUT2D eigenvalue weighted by Gasteiger charge is -2.04. The first kappa shape index (κ1) is 12.8. The number of pyridine rings is 1. The summed E-state index contributed by atoms with van der Waals surface area (Å²) in [6, 6.07) is 3.78. The maximum atomic E-state index is 4.52. The first-order valence-electron chi connectivity index (χ1n) is 5.64. The van der Waals surface area contributed by atoms with Crippen LogP contribution in [-0.4, -0.2) is 16.7 Å². The number of isothiocyanates is 1. The van der Waals surface area contributed by atoms with Gasteiger partial charge in [0.05, 0.1) is 17.0 Å². The standard InChI is InChI=1S/C12H17N3S/c1-2-3-4-5-8-13-12-7-6-11(9-14-12)15-10-16/h6-7,9H,2-5,8H2,1H3,(H,13,14). The zero-order valence-corrected chi connectivity index (χ0v) is 10.4. The van der Waals surface area contributed by atoms with Crippen LogP contribution in [0.1, 0.15) is 32.6 Å². The molecule has 1 rings (SSSR count). The lowest BCUT2D eigenvalue weighted by atomic mass is 10.2. The smallest absolute Gasteiger partial charge is 0.126 e. The van der Waals surface area contributed by atoms with Gasteiger partial charge in [-0.3, -0.25) is 0 Å². The molecule has 0 spiro atoms. The maximum absolute atomic E-state index is 4.52. The Morgan fingerprint density at radius 2 is 2.25 bits per heavy atom. The van der Waals surface area contributed by atoms with Crippen molar-refractivity contribution in [3.8, 4) is 0 Å². The minimum atomic E-state index is 0.742. The van der Waals surface area contributed by atoms with Gasteiger partial charge in [0.1, 0.15) is 5.82 Å². The second-order valence-corrected chi connectivity index (χ2v) is 3.77. The molecule has 0 saturated heterocycles. The van der Waals surface area contributed by atoms with E-state index in [0.29, 0.717) is 0 Å². The van der Waals surface area contributed by atoms with Gasteiger partial charge in [0.2, 0.25) is 0 Å². The molecule has 0 aliphatic carbocycles. The van der Waals surface area contributed by atoms with Gasteiger partial charge in [0.25, 0.3) is 0 Å². The monoisotopic (exact) mass is 235 g/mol. The van der Waals surface area contributed by atoms with Crippen LogP contribution >= 0.6 is 12.2 Å². The summed E-state index contributed by atoms with van der Waals surface area (Å²) >= 11 is 4.52. The van der Waals surface area contributed by atoms with Crippen LogP contribution in [0.15, 0.2) is 23.3 Å². The van der Waals surface area contributed by atoms with E-state index < -0.39 is 0 Å². The van der Waals surface area contributed by atoms with Crippen LogP contribution < -0.4 is 5.32 Å². The Labute approximate surface area is 102 Å². The fraction of sp³-hybridized carbons (Fsp3) is 0.500. The van der Waals surface area contributed by atoms with Gasteiger partial charge in [-0.1, -0.05) is 26.2 Å². The molecule has 1 N–H and O–H groups in total. The normalized spacial score (nSPS) is 9.56. The summed E-state index contributed by atoms with van der Waals surface area (Å²) < 4.78 is 0. The number of aliphatic imine (C=N–C) groups is 1. The molecule has 0 bridgehead atoms. The van der Waals surface area contributed by atoms with Crippen LogP contribution in [0.5, 0.6) is 0 Å². The molecule has 0 aliphatic rings. The molecule has 1 heterocycles. The largest absolute Gasteiger partial charge is 0.370 e. The van der Waals surface area contributed by atoms with Crippen molar-refractivity contribution in [2.24, 2.45) is 4.99 Å². The summed E-state index contributed by atoms with van der Waals surface area (Å²) in [6.45, 7) is 3.19. The number of nitrogens with zero attached hydrogens (tertiary/aromatic N) is 2. The molecule has 0 aliphatic heterocycles. The second kappa shape index (κ2) is 7.97. The van der Waals surface area contributed by atoms with Gasteiger partial charge in [-0.2, -0.15) is 4.99 Å². The number of anilines is 1. The van der Waals surface area contributed by atoms with Gasteiger partial charge in [-0.15, -0.1) is 0 Å². The molecule has 0 amide bonds. The quantitative estimate of drug-likeness (QED) is 0.443. The second-order valence-electron chi connectivity index (χ2n) is 3.59. The summed E-state index contributed by atoms with van der Waals surface area (Å²) in [5.41, 5.74) is 0.742. The third-order valence-electron chi connectivity index (χ3n) is 2.26. The number of hydrogen-bond acceptors (Lipinski definition) is 4. The Kier molecular flexibility index (Phi) is 6.38.